The van der Waals surface area contributed by atoms with Crippen LogP contribution in [0.4, 0.5) is 0 Å². The third kappa shape index (κ3) is 11.7. The van der Waals surface area contributed by atoms with Crippen LogP contribution in [0.15, 0.2) is 59.7 Å². The smallest absolute Gasteiger partial charge is 0.247 e. The van der Waals surface area contributed by atoms with Gasteiger partial charge in [-0.25, -0.2) is 0 Å². The van der Waals surface area contributed by atoms with Crippen LogP contribution in [-0.4, -0.2) is 22.5 Å². The molecule has 0 saturated heterocycles. The lowest BCUT2D eigenvalue weighted by molar-refractivity contribution is -0.118. The lowest BCUT2D eigenvalue weighted by Crippen LogP contribution is -2.15. The summed E-state index contributed by atoms with van der Waals surface area (Å²) in [4.78, 5) is 30.2. The first-order chi connectivity index (χ1) is 14.3. The molecular weight excluding hydrogens is 374 g/mol. The summed E-state index contributed by atoms with van der Waals surface area (Å²) < 4.78 is 0. The van der Waals surface area contributed by atoms with Crippen molar-refractivity contribution in [2.75, 3.05) is 0 Å². The molecule has 0 fully saturated rings. The van der Waals surface area contributed by atoms with Crippen molar-refractivity contribution < 1.29 is 9.59 Å². The largest absolute Gasteiger partial charge is 0.383 e. The summed E-state index contributed by atoms with van der Waals surface area (Å²) >= 11 is 0. The van der Waals surface area contributed by atoms with Crippen molar-refractivity contribution in [2.24, 2.45) is 16.6 Å². The number of allylic oxidation sites excluding steroid dienone is 1. The third-order valence-corrected chi connectivity index (χ3v) is 4.14. The number of pyridine rings is 1. The topological polar surface area (TPSA) is 85.4 Å². The van der Waals surface area contributed by atoms with Crippen molar-refractivity contribution in [3.63, 3.8) is 0 Å². The minimum atomic E-state index is -0.132. The number of amidine groups is 1. The third-order valence-electron chi connectivity index (χ3n) is 4.14. The predicted molar refractivity (Wildman–Crippen MR) is 124 cm³/mol. The summed E-state index contributed by atoms with van der Waals surface area (Å²) in [6.45, 7) is 7.82. The van der Waals surface area contributed by atoms with E-state index in [1.807, 2.05) is 61.5 Å². The number of rotatable bonds is 8. The Hall–Kier alpha value is -3.08. The van der Waals surface area contributed by atoms with Crippen LogP contribution in [0.2, 0.25) is 0 Å². The van der Waals surface area contributed by atoms with E-state index in [4.69, 9.17) is 5.73 Å². The molecule has 5 heteroatoms. The maximum absolute atomic E-state index is 11.5. The van der Waals surface area contributed by atoms with E-state index in [0.29, 0.717) is 24.6 Å². The number of aromatic nitrogens is 1. The molecule has 2 N–H and O–H groups in total. The van der Waals surface area contributed by atoms with E-state index in [-0.39, 0.29) is 11.7 Å². The van der Waals surface area contributed by atoms with Gasteiger partial charge in [0.1, 0.15) is 11.6 Å². The molecule has 0 atom stereocenters. The Labute approximate surface area is 180 Å². The Balaban J connectivity index is 0.000000311. The van der Waals surface area contributed by atoms with Crippen molar-refractivity contribution in [1.82, 2.24) is 4.98 Å². The number of aliphatic imine (C=N–C) groups is 1. The van der Waals surface area contributed by atoms with E-state index in [1.165, 1.54) is 0 Å². The fourth-order valence-electron chi connectivity index (χ4n) is 2.46. The van der Waals surface area contributed by atoms with Gasteiger partial charge < -0.3 is 5.73 Å². The molecule has 160 valence electrons. The summed E-state index contributed by atoms with van der Waals surface area (Å²) in [5.74, 6) is 0.974. The lowest BCUT2D eigenvalue weighted by atomic mass is 10.1. The van der Waals surface area contributed by atoms with Gasteiger partial charge in [-0.3, -0.25) is 14.6 Å². The number of nitrogens with two attached hydrogens (primary N) is 1. The van der Waals surface area contributed by atoms with Gasteiger partial charge in [-0.2, -0.15) is 4.99 Å². The molecule has 0 unspecified atom stereocenters. The highest BCUT2D eigenvalue weighted by atomic mass is 16.1. The fraction of sp³-hybridized carbons (Fsp3) is 0.360. The Morgan fingerprint density at radius 2 is 1.83 bits per heavy atom. The number of hydrogen-bond donors (Lipinski definition) is 1. The first kappa shape index (κ1) is 25.0. The van der Waals surface area contributed by atoms with E-state index >= 15 is 0 Å². The van der Waals surface area contributed by atoms with E-state index in [0.717, 1.165) is 29.7 Å². The van der Waals surface area contributed by atoms with Gasteiger partial charge >= 0.3 is 0 Å². The summed E-state index contributed by atoms with van der Waals surface area (Å²) in [5, 5.41) is 0. The highest BCUT2D eigenvalue weighted by molar-refractivity contribution is 6.03. The zero-order chi connectivity index (χ0) is 22.4. The summed E-state index contributed by atoms with van der Waals surface area (Å²) in [7, 11) is 0. The average Bonchev–Trinajstić information content (AvgIpc) is 2.70. The number of carbonyl (C=O) groups excluding carboxylic acids is 2. The molecule has 2 aromatic rings. The number of nitrogens with zero attached hydrogens (tertiary/aromatic N) is 2. The molecule has 0 spiro atoms. The minimum Gasteiger partial charge on any atom is -0.383 e. The average molecular weight is 408 g/mol. The molecule has 2 rings (SSSR count). The number of aryl methyl sites for hydroxylation is 1. The van der Waals surface area contributed by atoms with Gasteiger partial charge in [0.2, 0.25) is 5.91 Å². The van der Waals surface area contributed by atoms with Crippen molar-refractivity contribution in [2.45, 2.75) is 53.4 Å². The molecule has 0 saturated carbocycles. The van der Waals surface area contributed by atoms with Crippen LogP contribution in [0.5, 0.6) is 0 Å². The van der Waals surface area contributed by atoms with Gasteiger partial charge in [-0.15, -0.1) is 0 Å². The number of ketones is 1. The van der Waals surface area contributed by atoms with Crippen molar-refractivity contribution in [3.8, 4) is 0 Å². The zero-order valence-electron chi connectivity index (χ0n) is 18.5. The van der Waals surface area contributed by atoms with E-state index < -0.39 is 0 Å². The van der Waals surface area contributed by atoms with Crippen LogP contribution in [0.3, 0.4) is 0 Å². The Kier molecular flexibility index (Phi) is 11.6. The highest BCUT2D eigenvalue weighted by Crippen LogP contribution is 2.07. The first-order valence-electron chi connectivity index (χ1n) is 10.3. The van der Waals surface area contributed by atoms with Crippen molar-refractivity contribution in [3.05, 3.63) is 71.6 Å². The number of benzene rings is 1. The molecule has 0 bridgehead atoms. The standard InChI is InChI=1S/C14H20N2O.C11H13NO/c1-11(2)7-6-10-13(17)16-14(15)12-8-4-3-5-9-12;1-9-6-7-11(8-12-9)5-3-4-10(2)13/h3-5,8-9,11H,6-7,10H2,1-2H3,(H2,15,16,17);3,5-8H,4H2,1-2H3/b;5-3+. The molecule has 0 aliphatic heterocycles. The maximum Gasteiger partial charge on any atom is 0.247 e. The van der Waals surface area contributed by atoms with Gasteiger partial charge in [-0.1, -0.05) is 68.8 Å². The number of Topliss-reactive ketones (excluding diaryl/α,β-unsaturated/α-hetero) is 1. The highest BCUT2D eigenvalue weighted by Gasteiger charge is 2.03. The SMILES string of the molecule is CC(=O)C/C=C/c1ccc(C)nc1.CC(C)CCCC(=O)N=C(N)c1ccccc1. The van der Waals surface area contributed by atoms with Crippen LogP contribution >= 0.6 is 0 Å². The molecule has 0 aliphatic rings. The molecular formula is C25H33N3O2. The van der Waals surface area contributed by atoms with Crippen LogP contribution < -0.4 is 5.73 Å². The predicted octanol–water partition coefficient (Wildman–Crippen LogP) is 5.13. The molecule has 1 aromatic carbocycles. The van der Waals surface area contributed by atoms with E-state index in [9.17, 15) is 9.59 Å². The molecule has 1 heterocycles. The molecule has 0 aliphatic carbocycles. The zero-order valence-corrected chi connectivity index (χ0v) is 18.5. The number of carbonyl (C=O) groups is 2. The van der Waals surface area contributed by atoms with Gasteiger partial charge in [-0.05, 0) is 37.8 Å². The summed E-state index contributed by atoms with van der Waals surface area (Å²) in [6, 6.07) is 13.3. The molecule has 0 radical (unpaired) electrons. The van der Waals surface area contributed by atoms with Gasteiger partial charge in [0.05, 0.1) is 0 Å². The molecule has 1 amide bonds. The number of amides is 1. The fourth-order valence-corrected chi connectivity index (χ4v) is 2.46. The van der Waals surface area contributed by atoms with E-state index in [1.54, 1.807) is 13.1 Å². The quantitative estimate of drug-likeness (QED) is 0.486. The normalized spacial score (nSPS) is 11.3. The minimum absolute atomic E-state index is 0.132. The van der Waals surface area contributed by atoms with Gasteiger partial charge in [0.25, 0.3) is 0 Å². The lowest BCUT2D eigenvalue weighted by Gasteiger charge is -2.02. The van der Waals surface area contributed by atoms with Crippen molar-refractivity contribution in [1.29, 1.82) is 0 Å². The molecule has 5 nitrogen and oxygen atoms in total. The van der Waals surface area contributed by atoms with Crippen LogP contribution in [-0.2, 0) is 9.59 Å². The van der Waals surface area contributed by atoms with Crippen LogP contribution in [0.1, 0.15) is 63.3 Å². The molecule has 1 aromatic heterocycles. The summed E-state index contributed by atoms with van der Waals surface area (Å²) in [5.41, 5.74) is 8.59. The van der Waals surface area contributed by atoms with Crippen LogP contribution in [0, 0.1) is 12.8 Å². The van der Waals surface area contributed by atoms with E-state index in [2.05, 4.69) is 23.8 Å². The number of hydrogen-bond acceptors (Lipinski definition) is 3. The Bertz CT molecular complexity index is 838. The second-order valence-corrected chi connectivity index (χ2v) is 7.58. The van der Waals surface area contributed by atoms with Gasteiger partial charge in [0, 0.05) is 30.3 Å². The van der Waals surface area contributed by atoms with Gasteiger partial charge in [0.15, 0.2) is 0 Å². The Morgan fingerprint density at radius 1 is 1.13 bits per heavy atom. The van der Waals surface area contributed by atoms with Crippen LogP contribution in [0.25, 0.3) is 6.08 Å². The van der Waals surface area contributed by atoms with Crippen molar-refractivity contribution >= 4 is 23.6 Å². The Morgan fingerprint density at radius 3 is 2.40 bits per heavy atom. The molecule has 30 heavy (non-hydrogen) atoms. The maximum atomic E-state index is 11.5. The summed E-state index contributed by atoms with van der Waals surface area (Å²) in [6.07, 6.45) is 8.46. The second kappa shape index (κ2) is 14.0. The monoisotopic (exact) mass is 407 g/mol. The first-order valence-corrected chi connectivity index (χ1v) is 10.3. The second-order valence-electron chi connectivity index (χ2n) is 7.58.